The molecular formula is C13H23NO2. The average Bonchev–Trinajstić information content (AvgIpc) is 2.20. The van der Waals surface area contributed by atoms with Crippen molar-refractivity contribution < 1.29 is 10.2 Å². The first kappa shape index (κ1) is 11.0. The van der Waals surface area contributed by atoms with Gasteiger partial charge in [-0.3, -0.25) is 5.32 Å². The van der Waals surface area contributed by atoms with Crippen molar-refractivity contribution in [3.63, 3.8) is 0 Å². The minimum atomic E-state index is -0.364. The van der Waals surface area contributed by atoms with Crippen molar-refractivity contribution in [3.8, 4) is 0 Å². The van der Waals surface area contributed by atoms with Gasteiger partial charge in [0.2, 0.25) is 0 Å². The molecule has 4 rings (SSSR count). The molecule has 0 aromatic heterocycles. The number of hydrogen-bond acceptors (Lipinski definition) is 3. The maximum absolute atomic E-state index is 10.4. The summed E-state index contributed by atoms with van der Waals surface area (Å²) in [5.41, 5.74) is -0.355. The molecule has 3 atom stereocenters. The largest absolute Gasteiger partial charge is 0.390 e. The highest BCUT2D eigenvalue weighted by Gasteiger charge is 2.54. The molecule has 0 amide bonds. The monoisotopic (exact) mass is 225 g/mol. The first-order valence-corrected chi connectivity index (χ1v) is 6.76. The van der Waals surface area contributed by atoms with Gasteiger partial charge in [-0.1, -0.05) is 6.92 Å². The molecule has 0 heterocycles. The average molecular weight is 225 g/mol. The molecule has 4 aliphatic rings. The zero-order valence-corrected chi connectivity index (χ0v) is 10.0. The summed E-state index contributed by atoms with van der Waals surface area (Å²) in [6.07, 6.45) is 5.85. The molecule has 4 bridgehead atoms. The Morgan fingerprint density at radius 1 is 1.25 bits per heavy atom. The van der Waals surface area contributed by atoms with E-state index >= 15 is 0 Å². The van der Waals surface area contributed by atoms with Crippen LogP contribution in [0.25, 0.3) is 0 Å². The van der Waals surface area contributed by atoms with Crippen molar-refractivity contribution in [2.24, 2.45) is 17.8 Å². The molecule has 4 saturated carbocycles. The highest BCUT2D eigenvalue weighted by molar-refractivity contribution is 5.08. The number of hydrogen-bond donors (Lipinski definition) is 3. The number of aliphatic hydroxyl groups excluding tert-OH is 1. The van der Waals surface area contributed by atoms with E-state index in [0.29, 0.717) is 17.9 Å². The summed E-state index contributed by atoms with van der Waals surface area (Å²) in [7, 11) is 0. The van der Waals surface area contributed by atoms with Crippen LogP contribution in [-0.2, 0) is 0 Å². The molecule has 92 valence electrons. The highest BCUT2D eigenvalue weighted by Crippen LogP contribution is 2.55. The summed E-state index contributed by atoms with van der Waals surface area (Å²) in [6.45, 7) is 2.00. The Balaban J connectivity index is 1.74. The Kier molecular flexibility index (Phi) is 2.54. The number of nitrogens with one attached hydrogen (secondary N) is 1. The van der Waals surface area contributed by atoms with Gasteiger partial charge in [0, 0.05) is 6.04 Å². The summed E-state index contributed by atoms with van der Waals surface area (Å²) >= 11 is 0. The van der Waals surface area contributed by atoms with Gasteiger partial charge in [-0.2, -0.15) is 0 Å². The third-order valence-electron chi connectivity index (χ3n) is 5.01. The van der Waals surface area contributed by atoms with E-state index in [0.717, 1.165) is 31.6 Å². The van der Waals surface area contributed by atoms with E-state index in [1.165, 1.54) is 12.8 Å². The Hall–Kier alpha value is -0.120. The minimum absolute atomic E-state index is 0.355. The van der Waals surface area contributed by atoms with E-state index in [2.05, 4.69) is 5.32 Å². The van der Waals surface area contributed by atoms with Crippen molar-refractivity contribution in [3.05, 3.63) is 0 Å². The summed E-state index contributed by atoms with van der Waals surface area (Å²) in [5.74, 6) is 1.94. The van der Waals surface area contributed by atoms with Gasteiger partial charge in [0.1, 0.15) is 6.23 Å². The van der Waals surface area contributed by atoms with Crippen molar-refractivity contribution in [1.29, 1.82) is 0 Å². The molecule has 3 unspecified atom stereocenters. The SMILES string of the molecule is CCC(O)NC1C2CC3CC1CC(O)(C3)C2. The van der Waals surface area contributed by atoms with Gasteiger partial charge in [0.25, 0.3) is 0 Å². The second-order valence-electron chi connectivity index (χ2n) is 6.31. The van der Waals surface area contributed by atoms with E-state index < -0.39 is 0 Å². The summed E-state index contributed by atoms with van der Waals surface area (Å²) in [4.78, 5) is 0. The van der Waals surface area contributed by atoms with E-state index in [9.17, 15) is 10.2 Å². The van der Waals surface area contributed by atoms with Gasteiger partial charge in [-0.15, -0.1) is 0 Å². The van der Waals surface area contributed by atoms with E-state index in [1.54, 1.807) is 0 Å². The Labute approximate surface area is 97.2 Å². The van der Waals surface area contributed by atoms with Crippen molar-refractivity contribution >= 4 is 0 Å². The van der Waals surface area contributed by atoms with Gasteiger partial charge < -0.3 is 10.2 Å². The molecule has 0 aliphatic heterocycles. The van der Waals surface area contributed by atoms with Crippen LogP contribution in [0, 0.1) is 17.8 Å². The zero-order chi connectivity index (χ0) is 11.3. The lowest BCUT2D eigenvalue weighted by Crippen LogP contribution is -2.62. The predicted octanol–water partition coefficient (Wildman–Crippen LogP) is 1.24. The van der Waals surface area contributed by atoms with Gasteiger partial charge in [0.05, 0.1) is 5.60 Å². The van der Waals surface area contributed by atoms with E-state index in [-0.39, 0.29) is 11.8 Å². The van der Waals surface area contributed by atoms with Gasteiger partial charge >= 0.3 is 0 Å². The summed E-state index contributed by atoms with van der Waals surface area (Å²) in [5, 5.41) is 23.5. The molecular weight excluding hydrogens is 202 g/mol. The molecule has 0 saturated heterocycles. The number of aliphatic hydroxyl groups is 2. The molecule has 3 nitrogen and oxygen atoms in total. The van der Waals surface area contributed by atoms with Crippen LogP contribution in [0.1, 0.15) is 45.4 Å². The third kappa shape index (κ3) is 1.69. The highest BCUT2D eigenvalue weighted by atomic mass is 16.3. The molecule has 0 spiro atoms. The van der Waals surface area contributed by atoms with Gasteiger partial charge in [-0.05, 0) is 56.3 Å². The fourth-order valence-electron chi connectivity index (χ4n) is 4.59. The Morgan fingerprint density at radius 2 is 1.88 bits per heavy atom. The second-order valence-corrected chi connectivity index (χ2v) is 6.31. The van der Waals surface area contributed by atoms with Crippen LogP contribution in [0.4, 0.5) is 0 Å². The molecule has 3 N–H and O–H groups in total. The van der Waals surface area contributed by atoms with Crippen LogP contribution in [0.15, 0.2) is 0 Å². The second kappa shape index (κ2) is 3.69. The molecule has 0 aromatic rings. The van der Waals surface area contributed by atoms with Crippen LogP contribution in [0.2, 0.25) is 0 Å². The zero-order valence-electron chi connectivity index (χ0n) is 10.0. The normalized spacial score (nSPS) is 51.9. The van der Waals surface area contributed by atoms with Crippen LogP contribution in [0.5, 0.6) is 0 Å². The standard InChI is InChI=1S/C13H23NO2/c1-2-11(15)14-12-9-3-8-4-10(12)7-13(16,5-8)6-9/h8-12,14-16H,2-7H2,1H3. The Bertz CT molecular complexity index is 265. The minimum Gasteiger partial charge on any atom is -0.390 e. The van der Waals surface area contributed by atoms with E-state index in [4.69, 9.17) is 0 Å². The lowest BCUT2D eigenvalue weighted by atomic mass is 9.52. The summed E-state index contributed by atoms with van der Waals surface area (Å²) in [6, 6.07) is 0.451. The molecule has 4 aliphatic carbocycles. The molecule has 4 fully saturated rings. The third-order valence-corrected chi connectivity index (χ3v) is 5.01. The fourth-order valence-corrected chi connectivity index (χ4v) is 4.59. The molecule has 0 radical (unpaired) electrons. The lowest BCUT2D eigenvalue weighted by molar-refractivity contribution is -0.144. The lowest BCUT2D eigenvalue weighted by Gasteiger charge is -2.58. The topological polar surface area (TPSA) is 52.5 Å². The van der Waals surface area contributed by atoms with Crippen LogP contribution in [0.3, 0.4) is 0 Å². The maximum Gasteiger partial charge on any atom is 0.104 e. The quantitative estimate of drug-likeness (QED) is 0.634. The predicted molar refractivity (Wildman–Crippen MR) is 61.7 cm³/mol. The van der Waals surface area contributed by atoms with Crippen molar-refractivity contribution in [1.82, 2.24) is 5.32 Å². The molecule has 3 heteroatoms. The van der Waals surface area contributed by atoms with Crippen LogP contribution in [-0.4, -0.2) is 28.1 Å². The smallest absolute Gasteiger partial charge is 0.104 e. The molecule has 0 aromatic carbocycles. The molecule has 16 heavy (non-hydrogen) atoms. The van der Waals surface area contributed by atoms with Crippen LogP contribution >= 0.6 is 0 Å². The van der Waals surface area contributed by atoms with Gasteiger partial charge in [-0.25, -0.2) is 0 Å². The first-order valence-electron chi connectivity index (χ1n) is 6.76. The fraction of sp³-hybridized carbons (Fsp3) is 1.00. The number of rotatable bonds is 3. The van der Waals surface area contributed by atoms with Crippen LogP contribution < -0.4 is 5.32 Å². The maximum atomic E-state index is 10.4. The summed E-state index contributed by atoms with van der Waals surface area (Å²) < 4.78 is 0. The van der Waals surface area contributed by atoms with Gasteiger partial charge in [0.15, 0.2) is 0 Å². The van der Waals surface area contributed by atoms with E-state index in [1.807, 2.05) is 6.92 Å². The Morgan fingerprint density at radius 3 is 2.38 bits per heavy atom. The first-order chi connectivity index (χ1) is 7.59. The van der Waals surface area contributed by atoms with Crippen molar-refractivity contribution in [2.45, 2.75) is 63.3 Å². The van der Waals surface area contributed by atoms with Crippen molar-refractivity contribution in [2.75, 3.05) is 0 Å².